The number of halogens is 1. The van der Waals surface area contributed by atoms with Crippen LogP contribution >= 0.6 is 11.8 Å². The zero-order chi connectivity index (χ0) is 17.1. The summed E-state index contributed by atoms with van der Waals surface area (Å²) in [6.07, 6.45) is 2.02. The molecule has 1 rings (SSSR count). The van der Waals surface area contributed by atoms with Gasteiger partial charge in [-0.15, -0.1) is 0 Å². The van der Waals surface area contributed by atoms with Gasteiger partial charge >= 0.3 is 6.03 Å². The van der Waals surface area contributed by atoms with Gasteiger partial charge < -0.3 is 16.0 Å². The minimum absolute atomic E-state index is 0.0283. The highest BCUT2D eigenvalue weighted by Gasteiger charge is 2.19. The lowest BCUT2D eigenvalue weighted by Gasteiger charge is -2.17. The number of urea groups is 1. The third-order valence-corrected chi connectivity index (χ3v) is 3.56. The summed E-state index contributed by atoms with van der Waals surface area (Å²) in [4.78, 5) is 23.8. The number of thioether (sulfide) groups is 1. The number of carbonyl (C=O) groups is 2. The minimum Gasteiger partial charge on any atom is -0.353 e. The summed E-state index contributed by atoms with van der Waals surface area (Å²) in [5.74, 6) is -0.357. The standard InChI is InChI=1S/C15H19FN4O2S/c1-23-10-13(14(21)18-8-4-7-17)20-15(22)19-9-11-5-2-3-6-12(11)16/h2-3,5-6,13H,4,8-10H2,1H3,(H,18,21)(H2,19,20,22). The van der Waals surface area contributed by atoms with Crippen LogP contribution in [-0.4, -0.2) is 36.5 Å². The van der Waals surface area contributed by atoms with E-state index in [2.05, 4.69) is 16.0 Å². The van der Waals surface area contributed by atoms with Crippen LogP contribution in [0.1, 0.15) is 12.0 Å². The number of amides is 3. The van der Waals surface area contributed by atoms with Crippen LogP contribution in [0.2, 0.25) is 0 Å². The zero-order valence-electron chi connectivity index (χ0n) is 12.8. The highest BCUT2D eigenvalue weighted by molar-refractivity contribution is 7.98. The van der Waals surface area contributed by atoms with Crippen molar-refractivity contribution in [2.45, 2.75) is 19.0 Å². The number of hydrogen-bond acceptors (Lipinski definition) is 4. The van der Waals surface area contributed by atoms with Crippen LogP contribution in [0.3, 0.4) is 0 Å². The molecule has 0 fully saturated rings. The number of nitrogens with zero attached hydrogens (tertiary/aromatic N) is 1. The molecule has 0 aromatic heterocycles. The SMILES string of the molecule is CSCC(NC(=O)NCc1ccccc1F)C(=O)NCCC#N. The van der Waals surface area contributed by atoms with Crippen LogP contribution in [0, 0.1) is 17.1 Å². The molecule has 0 saturated carbocycles. The number of nitriles is 1. The lowest BCUT2D eigenvalue weighted by atomic mass is 10.2. The van der Waals surface area contributed by atoms with Gasteiger partial charge in [0.15, 0.2) is 0 Å². The fourth-order valence-electron chi connectivity index (χ4n) is 1.74. The van der Waals surface area contributed by atoms with Crippen molar-refractivity contribution in [3.05, 3.63) is 35.6 Å². The van der Waals surface area contributed by atoms with E-state index in [1.807, 2.05) is 12.3 Å². The fourth-order valence-corrected chi connectivity index (χ4v) is 2.31. The van der Waals surface area contributed by atoms with E-state index in [0.717, 1.165) is 0 Å². The average molecular weight is 338 g/mol. The summed E-state index contributed by atoms with van der Waals surface area (Å²) in [6, 6.07) is 6.78. The quantitative estimate of drug-likeness (QED) is 0.624. The van der Waals surface area contributed by atoms with E-state index in [1.165, 1.54) is 17.8 Å². The summed E-state index contributed by atoms with van der Waals surface area (Å²) >= 11 is 1.41. The molecule has 6 nitrogen and oxygen atoms in total. The third kappa shape index (κ3) is 7.02. The average Bonchev–Trinajstić information content (AvgIpc) is 2.54. The Hall–Kier alpha value is -2.27. The van der Waals surface area contributed by atoms with E-state index in [1.54, 1.807) is 18.2 Å². The van der Waals surface area contributed by atoms with Crippen LogP contribution < -0.4 is 16.0 Å². The van der Waals surface area contributed by atoms with Gasteiger partial charge in [-0.25, -0.2) is 9.18 Å². The predicted molar refractivity (Wildman–Crippen MR) is 87.2 cm³/mol. The number of nitrogens with one attached hydrogen (secondary N) is 3. The summed E-state index contributed by atoms with van der Waals surface area (Å²) in [6.45, 7) is 0.263. The van der Waals surface area contributed by atoms with Gasteiger partial charge in [0, 0.05) is 24.4 Å². The van der Waals surface area contributed by atoms with Crippen LogP contribution in [0.4, 0.5) is 9.18 Å². The second kappa shape index (κ2) is 10.5. The lowest BCUT2D eigenvalue weighted by molar-refractivity contribution is -0.122. The number of hydrogen-bond donors (Lipinski definition) is 3. The normalized spacial score (nSPS) is 11.2. The third-order valence-electron chi connectivity index (χ3n) is 2.89. The Morgan fingerprint density at radius 1 is 1.35 bits per heavy atom. The zero-order valence-corrected chi connectivity index (χ0v) is 13.6. The Kier molecular flexibility index (Phi) is 8.54. The smallest absolute Gasteiger partial charge is 0.315 e. The second-order valence-corrected chi connectivity index (χ2v) is 5.54. The van der Waals surface area contributed by atoms with Gasteiger partial charge in [-0.05, 0) is 12.3 Å². The molecule has 0 bridgehead atoms. The van der Waals surface area contributed by atoms with Crippen molar-refractivity contribution in [2.24, 2.45) is 0 Å². The molecule has 0 heterocycles. The van der Waals surface area contributed by atoms with Gasteiger partial charge in [0.05, 0.1) is 12.5 Å². The first-order chi connectivity index (χ1) is 11.1. The molecule has 3 N–H and O–H groups in total. The fraction of sp³-hybridized carbons (Fsp3) is 0.400. The van der Waals surface area contributed by atoms with Crippen molar-refractivity contribution in [1.29, 1.82) is 5.26 Å². The van der Waals surface area contributed by atoms with Crippen molar-refractivity contribution in [1.82, 2.24) is 16.0 Å². The molecule has 124 valence electrons. The predicted octanol–water partition coefficient (Wildman–Crippen LogP) is 1.39. The molecule has 0 aliphatic heterocycles. The number of benzene rings is 1. The summed E-state index contributed by atoms with van der Waals surface area (Å²) in [5.41, 5.74) is 0.363. The van der Waals surface area contributed by atoms with E-state index in [9.17, 15) is 14.0 Å². The molecule has 8 heteroatoms. The van der Waals surface area contributed by atoms with Crippen molar-refractivity contribution in [3.8, 4) is 6.07 Å². The largest absolute Gasteiger partial charge is 0.353 e. The van der Waals surface area contributed by atoms with Crippen molar-refractivity contribution in [2.75, 3.05) is 18.6 Å². The summed E-state index contributed by atoms with van der Waals surface area (Å²) in [7, 11) is 0. The maximum Gasteiger partial charge on any atom is 0.315 e. The Morgan fingerprint density at radius 3 is 2.74 bits per heavy atom. The van der Waals surface area contributed by atoms with Gasteiger partial charge in [-0.2, -0.15) is 17.0 Å². The number of carbonyl (C=O) groups excluding carboxylic acids is 2. The lowest BCUT2D eigenvalue weighted by Crippen LogP contribution is -2.51. The summed E-state index contributed by atoms with van der Waals surface area (Å²) in [5, 5.41) is 16.1. The molecule has 0 radical (unpaired) electrons. The Bertz CT molecular complexity index is 577. The monoisotopic (exact) mass is 338 g/mol. The molecule has 0 spiro atoms. The highest BCUT2D eigenvalue weighted by Crippen LogP contribution is 2.05. The molecule has 0 aliphatic rings. The maximum atomic E-state index is 13.5. The van der Waals surface area contributed by atoms with E-state index in [0.29, 0.717) is 11.3 Å². The first-order valence-electron chi connectivity index (χ1n) is 6.99. The van der Waals surface area contributed by atoms with Gasteiger partial charge in [0.2, 0.25) is 5.91 Å². The maximum absolute atomic E-state index is 13.5. The van der Waals surface area contributed by atoms with E-state index in [4.69, 9.17) is 5.26 Å². The number of rotatable bonds is 8. The first kappa shape index (κ1) is 18.8. The molecule has 1 aromatic rings. The second-order valence-electron chi connectivity index (χ2n) is 4.63. The Balaban J connectivity index is 2.49. The van der Waals surface area contributed by atoms with Gasteiger partial charge in [-0.1, -0.05) is 18.2 Å². The van der Waals surface area contributed by atoms with Gasteiger partial charge in [0.1, 0.15) is 11.9 Å². The van der Waals surface area contributed by atoms with E-state index >= 15 is 0 Å². The summed E-state index contributed by atoms with van der Waals surface area (Å²) < 4.78 is 13.5. The van der Waals surface area contributed by atoms with Crippen LogP contribution in [0.15, 0.2) is 24.3 Å². The van der Waals surface area contributed by atoms with Gasteiger partial charge in [0.25, 0.3) is 0 Å². The Morgan fingerprint density at radius 2 is 2.09 bits per heavy atom. The topological polar surface area (TPSA) is 94.0 Å². The molecular formula is C15H19FN4O2S. The van der Waals surface area contributed by atoms with Crippen LogP contribution in [0.25, 0.3) is 0 Å². The van der Waals surface area contributed by atoms with Gasteiger partial charge in [-0.3, -0.25) is 4.79 Å². The van der Waals surface area contributed by atoms with Crippen molar-refractivity contribution in [3.63, 3.8) is 0 Å². The highest BCUT2D eigenvalue weighted by atomic mass is 32.2. The van der Waals surface area contributed by atoms with Crippen LogP contribution in [0.5, 0.6) is 0 Å². The Labute approximate surface area is 138 Å². The molecule has 1 unspecified atom stereocenters. The molecule has 23 heavy (non-hydrogen) atoms. The molecule has 1 aromatic carbocycles. The van der Waals surface area contributed by atoms with Crippen molar-refractivity contribution >= 4 is 23.7 Å². The first-order valence-corrected chi connectivity index (χ1v) is 8.39. The van der Waals surface area contributed by atoms with Crippen molar-refractivity contribution < 1.29 is 14.0 Å². The molecular weight excluding hydrogens is 319 g/mol. The van der Waals surface area contributed by atoms with Crippen LogP contribution in [-0.2, 0) is 11.3 Å². The minimum atomic E-state index is -0.718. The van der Waals surface area contributed by atoms with E-state index < -0.39 is 17.9 Å². The van der Waals surface area contributed by atoms with E-state index in [-0.39, 0.29) is 25.4 Å². The molecule has 0 saturated heterocycles. The molecule has 0 aliphatic carbocycles. The molecule has 1 atom stereocenters. The molecule has 3 amide bonds.